The number of amides is 1. The SMILES string of the molecule is CCCCCCCC/C=C/CCCCCCCCCC(CC(=O)NC(CO)C(O)CCCCCCCCCCC)OC(=O)CCCCCCCCCCCCCCCC. The second-order valence-electron chi connectivity index (χ2n) is 18.3. The highest BCUT2D eigenvalue weighted by atomic mass is 16.5. The maximum atomic E-state index is 13.2. The molecule has 3 atom stereocenters. The molecule has 0 aromatic rings. The molecule has 1 amide bonds. The zero-order valence-corrected chi connectivity index (χ0v) is 39.9. The van der Waals surface area contributed by atoms with Crippen molar-refractivity contribution in [2.45, 2.75) is 309 Å². The molecule has 0 bridgehead atoms. The van der Waals surface area contributed by atoms with E-state index in [2.05, 4.69) is 38.2 Å². The molecule has 3 unspecified atom stereocenters. The maximum absolute atomic E-state index is 13.2. The van der Waals surface area contributed by atoms with Gasteiger partial charge in [-0.05, 0) is 51.4 Å². The number of rotatable bonds is 48. The summed E-state index contributed by atoms with van der Waals surface area (Å²) in [5.41, 5.74) is 0. The maximum Gasteiger partial charge on any atom is 0.306 e. The third kappa shape index (κ3) is 43.1. The van der Waals surface area contributed by atoms with Gasteiger partial charge in [-0.2, -0.15) is 0 Å². The molecule has 6 heteroatoms. The molecule has 0 aliphatic heterocycles. The molecule has 350 valence electrons. The summed E-state index contributed by atoms with van der Waals surface area (Å²) in [4.78, 5) is 26.1. The van der Waals surface area contributed by atoms with Crippen LogP contribution >= 0.6 is 0 Å². The van der Waals surface area contributed by atoms with Gasteiger partial charge in [0.1, 0.15) is 6.10 Å². The first-order valence-corrected chi connectivity index (χ1v) is 26.4. The molecule has 0 aromatic heterocycles. The zero-order chi connectivity index (χ0) is 43.1. The lowest BCUT2D eigenvalue weighted by Gasteiger charge is -2.24. The fourth-order valence-electron chi connectivity index (χ4n) is 8.31. The van der Waals surface area contributed by atoms with E-state index in [-0.39, 0.29) is 24.9 Å². The van der Waals surface area contributed by atoms with E-state index >= 15 is 0 Å². The van der Waals surface area contributed by atoms with Crippen molar-refractivity contribution in [1.82, 2.24) is 5.32 Å². The number of nitrogens with one attached hydrogen (secondary N) is 1. The molecular formula is C53H103NO5. The molecule has 0 saturated carbocycles. The first-order valence-electron chi connectivity index (χ1n) is 26.4. The lowest BCUT2D eigenvalue weighted by atomic mass is 10.0. The summed E-state index contributed by atoms with van der Waals surface area (Å²) in [7, 11) is 0. The van der Waals surface area contributed by atoms with Crippen LogP contribution in [0.2, 0.25) is 0 Å². The number of aliphatic hydroxyl groups excluding tert-OH is 2. The Morgan fingerprint density at radius 1 is 0.475 bits per heavy atom. The number of carbonyl (C=O) groups excluding carboxylic acids is 2. The summed E-state index contributed by atoms with van der Waals surface area (Å²) < 4.78 is 5.94. The molecule has 0 saturated heterocycles. The van der Waals surface area contributed by atoms with Crippen molar-refractivity contribution in [3.8, 4) is 0 Å². The van der Waals surface area contributed by atoms with Crippen molar-refractivity contribution in [2.24, 2.45) is 0 Å². The molecule has 0 rings (SSSR count). The molecule has 0 radical (unpaired) electrons. The molecule has 0 aliphatic rings. The van der Waals surface area contributed by atoms with Gasteiger partial charge in [-0.25, -0.2) is 0 Å². The van der Waals surface area contributed by atoms with Gasteiger partial charge >= 0.3 is 5.97 Å². The number of aliphatic hydroxyl groups is 2. The van der Waals surface area contributed by atoms with Crippen LogP contribution in [-0.2, 0) is 14.3 Å². The summed E-state index contributed by atoms with van der Waals surface area (Å²) in [5, 5.41) is 23.7. The molecule has 0 fully saturated rings. The molecule has 0 aliphatic carbocycles. The molecule has 0 spiro atoms. The highest BCUT2D eigenvalue weighted by Crippen LogP contribution is 2.18. The van der Waals surface area contributed by atoms with E-state index in [0.29, 0.717) is 19.3 Å². The second kappa shape index (κ2) is 47.6. The summed E-state index contributed by atoms with van der Waals surface area (Å²) >= 11 is 0. The van der Waals surface area contributed by atoms with Gasteiger partial charge < -0.3 is 20.3 Å². The van der Waals surface area contributed by atoms with Crippen molar-refractivity contribution in [1.29, 1.82) is 0 Å². The molecule has 0 heterocycles. The number of carbonyl (C=O) groups is 2. The van der Waals surface area contributed by atoms with Gasteiger partial charge in [-0.1, -0.05) is 238 Å². The van der Waals surface area contributed by atoms with Crippen LogP contribution in [0.5, 0.6) is 0 Å². The summed E-state index contributed by atoms with van der Waals surface area (Å²) in [6.45, 7) is 6.48. The van der Waals surface area contributed by atoms with E-state index in [1.165, 1.54) is 193 Å². The van der Waals surface area contributed by atoms with Crippen molar-refractivity contribution in [3.63, 3.8) is 0 Å². The van der Waals surface area contributed by atoms with Crippen LogP contribution in [-0.4, -0.2) is 46.9 Å². The number of allylic oxidation sites excluding steroid dienone is 2. The van der Waals surface area contributed by atoms with E-state index in [4.69, 9.17) is 4.74 Å². The first kappa shape index (κ1) is 57.6. The Morgan fingerprint density at radius 3 is 1.20 bits per heavy atom. The Hall–Kier alpha value is -1.40. The molecule has 59 heavy (non-hydrogen) atoms. The fraction of sp³-hybridized carbons (Fsp3) is 0.925. The minimum atomic E-state index is -0.782. The topological polar surface area (TPSA) is 95.9 Å². The van der Waals surface area contributed by atoms with Crippen LogP contribution in [0, 0.1) is 0 Å². The van der Waals surface area contributed by atoms with Gasteiger partial charge in [0.05, 0.1) is 25.2 Å². The smallest absolute Gasteiger partial charge is 0.306 e. The minimum absolute atomic E-state index is 0.0815. The van der Waals surface area contributed by atoms with Crippen LogP contribution in [0.15, 0.2) is 12.2 Å². The Balaban J connectivity index is 4.53. The van der Waals surface area contributed by atoms with E-state index in [9.17, 15) is 19.8 Å². The standard InChI is InChI=1S/C53H103NO5/c1-4-7-10-13-16-19-21-23-25-26-27-28-30-33-35-38-41-44-49(59-53(58)46-43-40-37-34-31-29-24-22-20-17-14-11-8-5-2)47-52(57)54-50(48-55)51(56)45-42-39-36-32-18-15-12-9-6-3/h23,25,49-51,55-56H,4-22,24,26-48H2,1-3H3,(H,54,57)/b25-23+. The molecule has 0 aromatic carbocycles. The van der Waals surface area contributed by atoms with Crippen LogP contribution in [0.1, 0.15) is 290 Å². The molecule has 6 nitrogen and oxygen atoms in total. The van der Waals surface area contributed by atoms with Gasteiger partial charge in [-0.3, -0.25) is 9.59 Å². The third-order valence-corrected chi connectivity index (χ3v) is 12.3. The Bertz CT molecular complexity index is 893. The van der Waals surface area contributed by atoms with Crippen molar-refractivity contribution in [3.05, 3.63) is 12.2 Å². The Kier molecular flexibility index (Phi) is 46.5. The zero-order valence-electron chi connectivity index (χ0n) is 39.9. The lowest BCUT2D eigenvalue weighted by Crippen LogP contribution is -2.46. The number of hydrogen-bond acceptors (Lipinski definition) is 5. The quantitative estimate of drug-likeness (QED) is 0.0322. The van der Waals surface area contributed by atoms with Gasteiger partial charge in [0, 0.05) is 6.42 Å². The minimum Gasteiger partial charge on any atom is -0.462 e. The van der Waals surface area contributed by atoms with E-state index in [0.717, 1.165) is 51.4 Å². The van der Waals surface area contributed by atoms with E-state index in [1.54, 1.807) is 0 Å². The van der Waals surface area contributed by atoms with Gasteiger partial charge in [0.15, 0.2) is 0 Å². The largest absolute Gasteiger partial charge is 0.462 e. The van der Waals surface area contributed by atoms with Crippen LogP contribution in [0.3, 0.4) is 0 Å². The summed E-state index contributed by atoms with van der Waals surface area (Å²) in [5.74, 6) is -0.461. The third-order valence-electron chi connectivity index (χ3n) is 12.3. The number of hydrogen-bond donors (Lipinski definition) is 3. The van der Waals surface area contributed by atoms with E-state index < -0.39 is 18.2 Å². The van der Waals surface area contributed by atoms with E-state index in [1.807, 2.05) is 0 Å². The summed E-state index contributed by atoms with van der Waals surface area (Å²) in [6, 6.07) is -0.695. The highest BCUT2D eigenvalue weighted by Gasteiger charge is 2.24. The molecule has 3 N–H and O–H groups in total. The predicted molar refractivity (Wildman–Crippen MR) is 255 cm³/mol. The number of unbranched alkanes of at least 4 members (excludes halogenated alkanes) is 34. The van der Waals surface area contributed by atoms with Crippen molar-refractivity contribution in [2.75, 3.05) is 6.61 Å². The number of esters is 1. The first-order chi connectivity index (χ1) is 29.0. The normalized spacial score (nSPS) is 13.2. The predicted octanol–water partition coefficient (Wildman–Crippen LogP) is 15.7. The van der Waals surface area contributed by atoms with Gasteiger partial charge in [-0.15, -0.1) is 0 Å². The van der Waals surface area contributed by atoms with Crippen LogP contribution < -0.4 is 5.32 Å². The van der Waals surface area contributed by atoms with Gasteiger partial charge in [0.25, 0.3) is 0 Å². The average Bonchev–Trinajstić information content (AvgIpc) is 3.23. The van der Waals surface area contributed by atoms with Crippen molar-refractivity contribution >= 4 is 11.9 Å². The Labute approximate surface area is 368 Å². The monoisotopic (exact) mass is 834 g/mol. The van der Waals surface area contributed by atoms with Crippen molar-refractivity contribution < 1.29 is 24.5 Å². The lowest BCUT2D eigenvalue weighted by molar-refractivity contribution is -0.151. The number of ether oxygens (including phenoxy) is 1. The fourth-order valence-corrected chi connectivity index (χ4v) is 8.31. The van der Waals surface area contributed by atoms with Crippen LogP contribution in [0.4, 0.5) is 0 Å². The molecular weight excluding hydrogens is 731 g/mol. The Morgan fingerprint density at radius 2 is 0.814 bits per heavy atom. The van der Waals surface area contributed by atoms with Crippen LogP contribution in [0.25, 0.3) is 0 Å². The van der Waals surface area contributed by atoms with Gasteiger partial charge in [0.2, 0.25) is 5.91 Å². The second-order valence-corrected chi connectivity index (χ2v) is 18.3. The average molecular weight is 834 g/mol. The highest BCUT2D eigenvalue weighted by molar-refractivity contribution is 5.77. The summed E-state index contributed by atoms with van der Waals surface area (Å²) in [6.07, 6.45) is 52.7.